The summed E-state index contributed by atoms with van der Waals surface area (Å²) in [6, 6.07) is 0. The van der Waals surface area contributed by atoms with Crippen molar-refractivity contribution in [3.63, 3.8) is 0 Å². The molecule has 56 valence electrons. The van der Waals surface area contributed by atoms with E-state index in [9.17, 15) is 5.11 Å². The fourth-order valence-electron chi connectivity index (χ4n) is 0.370. The molecule has 1 N–H and O–H groups in total. The van der Waals surface area contributed by atoms with E-state index in [1.54, 1.807) is 0 Å². The molecule has 0 aliphatic carbocycles. The van der Waals surface area contributed by atoms with Crippen molar-refractivity contribution in [2.24, 2.45) is 0 Å². The fraction of sp³-hybridized carbons (Fsp3) is 1.00. The van der Waals surface area contributed by atoms with Crippen molar-refractivity contribution in [2.45, 2.75) is 28.0 Å². The smallest absolute Gasteiger partial charge is 0.0722 e. The van der Waals surface area contributed by atoms with E-state index >= 15 is 0 Å². The monoisotopic (exact) mass is 322 g/mol. The molecular weight excluding hydrogens is 316 g/mol. The molecule has 0 heterocycles. The van der Waals surface area contributed by atoms with Gasteiger partial charge in [0.1, 0.15) is 0 Å². The van der Waals surface area contributed by atoms with Crippen molar-refractivity contribution in [3.05, 3.63) is 0 Å². The second-order valence-corrected chi connectivity index (χ2v) is 6.76. The SMILES string of the molecule is CC(Br)C(O)CC(Br)Br. The van der Waals surface area contributed by atoms with Crippen LogP contribution in [0.1, 0.15) is 13.3 Å². The van der Waals surface area contributed by atoms with E-state index in [1.165, 1.54) is 0 Å². The Morgan fingerprint density at radius 3 is 1.89 bits per heavy atom. The minimum Gasteiger partial charge on any atom is -0.392 e. The first-order valence-electron chi connectivity index (χ1n) is 2.64. The van der Waals surface area contributed by atoms with Crippen LogP contribution in [-0.4, -0.2) is 19.8 Å². The highest BCUT2D eigenvalue weighted by Gasteiger charge is 2.13. The van der Waals surface area contributed by atoms with Crippen LogP contribution in [0, 0.1) is 0 Å². The zero-order valence-electron chi connectivity index (χ0n) is 5.02. The first-order valence-corrected chi connectivity index (χ1v) is 5.39. The van der Waals surface area contributed by atoms with Gasteiger partial charge in [-0.25, -0.2) is 0 Å². The van der Waals surface area contributed by atoms with Crippen LogP contribution in [0.3, 0.4) is 0 Å². The quantitative estimate of drug-likeness (QED) is 0.791. The summed E-state index contributed by atoms with van der Waals surface area (Å²) >= 11 is 9.83. The molecule has 9 heavy (non-hydrogen) atoms. The van der Waals surface area contributed by atoms with E-state index in [0.717, 1.165) is 0 Å². The van der Waals surface area contributed by atoms with Gasteiger partial charge in [0.15, 0.2) is 0 Å². The van der Waals surface area contributed by atoms with E-state index in [0.29, 0.717) is 6.42 Å². The Balaban J connectivity index is 3.38. The Morgan fingerprint density at radius 2 is 1.78 bits per heavy atom. The molecule has 0 saturated heterocycles. The molecule has 1 nitrogen and oxygen atoms in total. The van der Waals surface area contributed by atoms with Gasteiger partial charge in [-0.05, 0) is 6.42 Å². The normalized spacial score (nSPS) is 18.0. The third-order valence-electron chi connectivity index (χ3n) is 0.950. The number of alkyl halides is 3. The lowest BCUT2D eigenvalue weighted by molar-refractivity contribution is 0.173. The summed E-state index contributed by atoms with van der Waals surface area (Å²) in [7, 11) is 0. The molecule has 0 amide bonds. The number of halogens is 3. The molecule has 0 aromatic heterocycles. The largest absolute Gasteiger partial charge is 0.392 e. The van der Waals surface area contributed by atoms with Crippen molar-refractivity contribution in [1.29, 1.82) is 0 Å². The number of hydrogen-bond acceptors (Lipinski definition) is 1. The van der Waals surface area contributed by atoms with E-state index in [4.69, 9.17) is 0 Å². The molecule has 0 radical (unpaired) electrons. The maximum Gasteiger partial charge on any atom is 0.0722 e. The molecule has 2 unspecified atom stereocenters. The molecule has 0 aliphatic rings. The molecule has 4 heteroatoms. The summed E-state index contributed by atoms with van der Waals surface area (Å²) in [6.07, 6.45) is 0.431. The average Bonchev–Trinajstić information content (AvgIpc) is 1.63. The van der Waals surface area contributed by atoms with Crippen molar-refractivity contribution in [3.8, 4) is 0 Å². The van der Waals surface area contributed by atoms with Crippen LogP contribution in [0.2, 0.25) is 0 Å². The molecule has 0 aromatic rings. The molecule has 0 aromatic carbocycles. The zero-order chi connectivity index (χ0) is 7.44. The van der Waals surface area contributed by atoms with Crippen LogP contribution in [0.15, 0.2) is 0 Å². The summed E-state index contributed by atoms with van der Waals surface area (Å²) in [5.74, 6) is 0. The summed E-state index contributed by atoms with van der Waals surface area (Å²) in [5.41, 5.74) is 0. The van der Waals surface area contributed by atoms with E-state index < -0.39 is 0 Å². The van der Waals surface area contributed by atoms with Crippen molar-refractivity contribution < 1.29 is 5.11 Å². The van der Waals surface area contributed by atoms with Crippen LogP contribution in [0.5, 0.6) is 0 Å². The Bertz CT molecular complexity index is 74.6. The Kier molecular flexibility index (Phi) is 5.90. The van der Waals surface area contributed by atoms with E-state index in [-0.39, 0.29) is 14.7 Å². The third-order valence-corrected chi connectivity index (χ3v) is 2.31. The lowest BCUT2D eigenvalue weighted by Gasteiger charge is -2.12. The van der Waals surface area contributed by atoms with Gasteiger partial charge in [0.25, 0.3) is 0 Å². The first-order chi connectivity index (χ1) is 4.04. The minimum absolute atomic E-state index is 0.162. The minimum atomic E-state index is -0.284. The van der Waals surface area contributed by atoms with E-state index in [2.05, 4.69) is 47.8 Å². The molecule has 2 atom stereocenters. The van der Waals surface area contributed by atoms with Gasteiger partial charge in [0, 0.05) is 4.83 Å². The lowest BCUT2D eigenvalue weighted by atomic mass is 10.2. The highest BCUT2D eigenvalue weighted by molar-refractivity contribution is 9.24. The van der Waals surface area contributed by atoms with Gasteiger partial charge in [-0.2, -0.15) is 0 Å². The molecule has 0 rings (SSSR count). The van der Waals surface area contributed by atoms with Crippen molar-refractivity contribution in [2.75, 3.05) is 0 Å². The van der Waals surface area contributed by atoms with Crippen LogP contribution in [0.4, 0.5) is 0 Å². The molecule has 0 aliphatic heterocycles. The molecule has 0 bridgehead atoms. The number of rotatable bonds is 3. The van der Waals surface area contributed by atoms with Gasteiger partial charge in [-0.3, -0.25) is 0 Å². The highest BCUT2D eigenvalue weighted by atomic mass is 79.9. The summed E-state index contributed by atoms with van der Waals surface area (Å²) in [5, 5.41) is 9.19. The van der Waals surface area contributed by atoms with Crippen molar-refractivity contribution in [1.82, 2.24) is 0 Å². The number of aliphatic hydroxyl groups is 1. The Labute approximate surface area is 80.6 Å². The second-order valence-electron chi connectivity index (χ2n) is 1.87. The van der Waals surface area contributed by atoms with Crippen LogP contribution >= 0.6 is 47.8 Å². The predicted octanol–water partition coefficient (Wildman–Crippen LogP) is 2.64. The number of hydrogen-bond donors (Lipinski definition) is 1. The third kappa shape index (κ3) is 5.83. The topological polar surface area (TPSA) is 20.2 Å². The van der Waals surface area contributed by atoms with Gasteiger partial charge in [-0.15, -0.1) is 0 Å². The first kappa shape index (κ1) is 10.4. The molecule has 0 fully saturated rings. The number of aliphatic hydroxyl groups excluding tert-OH is 1. The van der Waals surface area contributed by atoms with E-state index in [1.807, 2.05) is 6.92 Å². The summed E-state index contributed by atoms with van der Waals surface area (Å²) in [6.45, 7) is 1.92. The zero-order valence-corrected chi connectivity index (χ0v) is 9.78. The molecular formula is C5H9Br3O. The van der Waals surface area contributed by atoms with Crippen molar-refractivity contribution >= 4 is 47.8 Å². The fourth-order valence-corrected chi connectivity index (χ4v) is 1.35. The molecule has 0 spiro atoms. The van der Waals surface area contributed by atoms with Crippen LogP contribution in [-0.2, 0) is 0 Å². The maximum atomic E-state index is 9.19. The average molecular weight is 325 g/mol. The molecule has 0 saturated carbocycles. The second kappa shape index (κ2) is 5.10. The lowest BCUT2D eigenvalue weighted by Crippen LogP contribution is -2.19. The predicted molar refractivity (Wildman–Crippen MR) is 50.7 cm³/mol. The van der Waals surface area contributed by atoms with Crippen LogP contribution < -0.4 is 0 Å². The van der Waals surface area contributed by atoms with Gasteiger partial charge in [-0.1, -0.05) is 54.7 Å². The van der Waals surface area contributed by atoms with Gasteiger partial charge in [0.2, 0.25) is 0 Å². The summed E-state index contributed by atoms with van der Waals surface area (Å²) in [4.78, 5) is 0.162. The van der Waals surface area contributed by atoms with Gasteiger partial charge >= 0.3 is 0 Å². The Hall–Kier alpha value is 1.40. The standard InChI is InChI=1S/C5H9Br3O/c1-3(6)4(9)2-5(7)8/h3-5,9H,2H2,1H3. The Morgan fingerprint density at radius 1 is 1.33 bits per heavy atom. The van der Waals surface area contributed by atoms with Crippen LogP contribution in [0.25, 0.3) is 0 Å². The van der Waals surface area contributed by atoms with Gasteiger partial charge < -0.3 is 5.11 Å². The maximum absolute atomic E-state index is 9.19. The summed E-state index contributed by atoms with van der Waals surface area (Å²) < 4.78 is 0.208. The van der Waals surface area contributed by atoms with Gasteiger partial charge in [0.05, 0.1) is 9.84 Å². The highest BCUT2D eigenvalue weighted by Crippen LogP contribution is 2.18.